The summed E-state index contributed by atoms with van der Waals surface area (Å²) in [7, 11) is 3.32. The summed E-state index contributed by atoms with van der Waals surface area (Å²) in [4.78, 5) is 34.6. The minimum absolute atomic E-state index is 0.0948. The Morgan fingerprint density at radius 1 is 1.17 bits per heavy atom. The second-order valence-electron chi connectivity index (χ2n) is 8.62. The van der Waals surface area contributed by atoms with Gasteiger partial charge in [0, 0.05) is 44.3 Å². The number of ether oxygens (including phenoxy) is 2. The number of nitrogens with zero attached hydrogens (tertiary/aromatic N) is 3. The SMILES string of the molecule is COCC(=O)Nc1cc(C(=O)NC[C@H]2OCCc3ccccc32)c2c(c1)nc(-c1ccncc1)n2C. The number of carbonyl (C=O) groups is 2. The Bertz CT molecular complexity index is 1420. The summed E-state index contributed by atoms with van der Waals surface area (Å²) in [5, 5.41) is 5.82. The number of hydrogen-bond donors (Lipinski definition) is 2. The Balaban J connectivity index is 1.49. The topological polar surface area (TPSA) is 107 Å². The number of aromatic nitrogens is 3. The maximum Gasteiger partial charge on any atom is 0.253 e. The Morgan fingerprint density at radius 3 is 2.78 bits per heavy atom. The van der Waals surface area contributed by atoms with Gasteiger partial charge in [0.2, 0.25) is 5.91 Å². The van der Waals surface area contributed by atoms with Gasteiger partial charge in [0.25, 0.3) is 5.91 Å². The molecular weight excluding hydrogens is 458 g/mol. The van der Waals surface area contributed by atoms with E-state index in [4.69, 9.17) is 14.5 Å². The molecule has 2 aromatic carbocycles. The van der Waals surface area contributed by atoms with E-state index in [-0.39, 0.29) is 24.5 Å². The van der Waals surface area contributed by atoms with Gasteiger partial charge in [-0.2, -0.15) is 0 Å². The molecule has 9 heteroatoms. The number of pyridine rings is 1. The van der Waals surface area contributed by atoms with Gasteiger partial charge >= 0.3 is 0 Å². The number of carbonyl (C=O) groups excluding carboxylic acids is 2. The molecule has 184 valence electrons. The summed E-state index contributed by atoms with van der Waals surface area (Å²) in [5.74, 6) is 0.0887. The van der Waals surface area contributed by atoms with Crippen LogP contribution in [0.25, 0.3) is 22.4 Å². The van der Waals surface area contributed by atoms with E-state index in [2.05, 4.69) is 21.7 Å². The van der Waals surface area contributed by atoms with Crippen molar-refractivity contribution in [3.8, 4) is 11.4 Å². The lowest BCUT2D eigenvalue weighted by Gasteiger charge is -2.26. The highest BCUT2D eigenvalue weighted by Gasteiger charge is 2.23. The first-order valence-electron chi connectivity index (χ1n) is 11.7. The molecule has 2 aromatic heterocycles. The zero-order valence-electron chi connectivity index (χ0n) is 20.2. The number of imidazole rings is 1. The van der Waals surface area contributed by atoms with Crippen molar-refractivity contribution < 1.29 is 19.1 Å². The summed E-state index contributed by atoms with van der Waals surface area (Å²) in [6.45, 7) is 0.842. The molecule has 36 heavy (non-hydrogen) atoms. The van der Waals surface area contributed by atoms with Crippen molar-refractivity contribution in [2.24, 2.45) is 7.05 Å². The number of nitrogens with one attached hydrogen (secondary N) is 2. The van der Waals surface area contributed by atoms with E-state index >= 15 is 0 Å². The number of hydrogen-bond acceptors (Lipinski definition) is 6. The third kappa shape index (κ3) is 4.71. The molecule has 0 saturated carbocycles. The van der Waals surface area contributed by atoms with Crippen molar-refractivity contribution in [3.63, 3.8) is 0 Å². The number of rotatable bonds is 7. The monoisotopic (exact) mass is 485 g/mol. The van der Waals surface area contributed by atoms with Crippen LogP contribution in [-0.2, 0) is 27.7 Å². The minimum Gasteiger partial charge on any atom is -0.375 e. The van der Waals surface area contributed by atoms with Crippen LogP contribution in [0.5, 0.6) is 0 Å². The molecule has 0 unspecified atom stereocenters. The lowest BCUT2D eigenvalue weighted by molar-refractivity contribution is -0.119. The Morgan fingerprint density at radius 2 is 1.97 bits per heavy atom. The van der Waals surface area contributed by atoms with E-state index in [1.54, 1.807) is 24.5 Å². The first-order valence-corrected chi connectivity index (χ1v) is 11.7. The van der Waals surface area contributed by atoms with Gasteiger partial charge in [-0.3, -0.25) is 14.6 Å². The van der Waals surface area contributed by atoms with E-state index in [0.717, 1.165) is 17.5 Å². The summed E-state index contributed by atoms with van der Waals surface area (Å²) < 4.78 is 12.8. The van der Waals surface area contributed by atoms with Crippen molar-refractivity contribution in [1.29, 1.82) is 0 Å². The summed E-state index contributed by atoms with van der Waals surface area (Å²) >= 11 is 0. The van der Waals surface area contributed by atoms with Crippen molar-refractivity contribution in [3.05, 3.63) is 77.6 Å². The summed E-state index contributed by atoms with van der Waals surface area (Å²) in [6, 6.07) is 15.3. The highest BCUT2D eigenvalue weighted by molar-refractivity contribution is 6.08. The molecule has 0 saturated heterocycles. The molecule has 1 atom stereocenters. The van der Waals surface area contributed by atoms with Crippen LogP contribution in [0.1, 0.15) is 27.6 Å². The van der Waals surface area contributed by atoms with Gasteiger partial charge in [-0.05, 0) is 41.8 Å². The average Bonchev–Trinajstić information content (AvgIpc) is 3.23. The molecule has 5 rings (SSSR count). The van der Waals surface area contributed by atoms with Crippen LogP contribution < -0.4 is 10.6 Å². The molecule has 1 aliphatic rings. The maximum absolute atomic E-state index is 13.5. The van der Waals surface area contributed by atoms with Gasteiger partial charge in [-0.1, -0.05) is 24.3 Å². The molecule has 0 radical (unpaired) electrons. The van der Waals surface area contributed by atoms with Crippen molar-refractivity contribution in [2.75, 3.05) is 32.2 Å². The lowest BCUT2D eigenvalue weighted by Crippen LogP contribution is -2.32. The smallest absolute Gasteiger partial charge is 0.253 e. The third-order valence-electron chi connectivity index (χ3n) is 6.25. The maximum atomic E-state index is 13.5. The minimum atomic E-state index is -0.319. The fourth-order valence-electron chi connectivity index (χ4n) is 4.61. The van der Waals surface area contributed by atoms with E-state index < -0.39 is 0 Å². The highest BCUT2D eigenvalue weighted by Crippen LogP contribution is 2.30. The molecule has 0 bridgehead atoms. The first-order chi connectivity index (χ1) is 17.5. The fourth-order valence-corrected chi connectivity index (χ4v) is 4.61. The number of aryl methyl sites for hydroxylation is 1. The predicted molar refractivity (Wildman–Crippen MR) is 136 cm³/mol. The average molecular weight is 486 g/mol. The Kier molecular flexibility index (Phi) is 6.75. The van der Waals surface area contributed by atoms with E-state index in [9.17, 15) is 9.59 Å². The van der Waals surface area contributed by atoms with Crippen LogP contribution in [0, 0.1) is 0 Å². The van der Waals surface area contributed by atoms with Crippen molar-refractivity contribution >= 4 is 28.5 Å². The Hall–Kier alpha value is -4.08. The number of benzene rings is 2. The second-order valence-corrected chi connectivity index (χ2v) is 8.62. The molecule has 0 aliphatic carbocycles. The van der Waals surface area contributed by atoms with E-state index in [1.165, 1.54) is 12.7 Å². The summed E-state index contributed by atoms with van der Waals surface area (Å²) in [5.41, 5.74) is 5.32. The molecule has 9 nitrogen and oxygen atoms in total. The number of anilines is 1. The zero-order valence-corrected chi connectivity index (χ0v) is 20.2. The van der Waals surface area contributed by atoms with Gasteiger partial charge in [-0.15, -0.1) is 0 Å². The second kappa shape index (κ2) is 10.3. The Labute approximate surface area is 208 Å². The first kappa shape index (κ1) is 23.7. The molecule has 1 aliphatic heterocycles. The van der Waals surface area contributed by atoms with Crippen LogP contribution in [0.15, 0.2) is 60.9 Å². The number of amides is 2. The predicted octanol–water partition coefficient (Wildman–Crippen LogP) is 3.26. The van der Waals surface area contributed by atoms with Gasteiger partial charge in [-0.25, -0.2) is 4.98 Å². The molecule has 3 heterocycles. The number of methoxy groups -OCH3 is 1. The van der Waals surface area contributed by atoms with E-state index in [1.807, 2.05) is 41.9 Å². The number of fused-ring (bicyclic) bond motifs is 2. The van der Waals surface area contributed by atoms with Crippen LogP contribution in [0.2, 0.25) is 0 Å². The highest BCUT2D eigenvalue weighted by atomic mass is 16.5. The molecular formula is C27H27N5O4. The standard InChI is InChI=1S/C27H27N5O4/c1-32-25-21(27(34)29-15-23-20-6-4-3-5-17(20)9-12-36-23)13-19(30-24(33)16-35-2)14-22(25)31-26(32)18-7-10-28-11-8-18/h3-8,10-11,13-14,23H,9,12,15-16H2,1-2H3,(H,29,34)(H,30,33)/t23-/m1/s1. The van der Waals surface area contributed by atoms with Crippen molar-refractivity contribution in [2.45, 2.75) is 12.5 Å². The molecule has 2 amide bonds. The summed E-state index contributed by atoms with van der Waals surface area (Å²) in [6.07, 6.45) is 4.02. The quantitative estimate of drug-likeness (QED) is 0.416. The lowest BCUT2D eigenvalue weighted by atomic mass is 9.97. The van der Waals surface area contributed by atoms with Crippen LogP contribution >= 0.6 is 0 Å². The largest absolute Gasteiger partial charge is 0.375 e. The normalized spacial score (nSPS) is 14.9. The van der Waals surface area contributed by atoms with E-state index in [0.29, 0.717) is 41.3 Å². The molecule has 0 fully saturated rings. The fraction of sp³-hybridized carbons (Fsp3) is 0.259. The van der Waals surface area contributed by atoms with Gasteiger partial charge in [0.15, 0.2) is 0 Å². The van der Waals surface area contributed by atoms with Crippen LogP contribution in [0.4, 0.5) is 5.69 Å². The molecule has 0 spiro atoms. The van der Waals surface area contributed by atoms with Gasteiger partial charge in [0.05, 0.1) is 23.2 Å². The van der Waals surface area contributed by atoms with Gasteiger partial charge in [0.1, 0.15) is 18.5 Å². The van der Waals surface area contributed by atoms with Crippen LogP contribution in [0.3, 0.4) is 0 Å². The van der Waals surface area contributed by atoms with Crippen molar-refractivity contribution in [1.82, 2.24) is 19.9 Å². The van der Waals surface area contributed by atoms with Gasteiger partial charge < -0.3 is 24.7 Å². The molecule has 4 aromatic rings. The van der Waals surface area contributed by atoms with Crippen LogP contribution in [-0.4, -0.2) is 53.2 Å². The molecule has 2 N–H and O–H groups in total. The zero-order chi connectivity index (χ0) is 25.1. The third-order valence-corrected chi connectivity index (χ3v) is 6.25.